The minimum Gasteiger partial charge on any atom is -0.480 e. The minimum atomic E-state index is -1.26. The Bertz CT molecular complexity index is 1240. The third-order valence-corrected chi connectivity index (χ3v) is 6.42. The zero-order valence-corrected chi connectivity index (χ0v) is 22.6. The Morgan fingerprint density at radius 2 is 1.34 bits per heavy atom. The summed E-state index contributed by atoms with van der Waals surface area (Å²) in [6.07, 6.45) is 7.46. The highest BCUT2D eigenvalue weighted by Crippen LogP contribution is 2.08. The number of unbranched alkanes of at least 4 members (excludes halogenated alkanes) is 1. The number of H-pyrrole nitrogens is 2. The van der Waals surface area contributed by atoms with E-state index in [0.29, 0.717) is 30.8 Å². The highest BCUT2D eigenvalue weighted by atomic mass is 16.4. The minimum absolute atomic E-state index is 0.0254. The Kier molecular flexibility index (Phi) is 12.0. The molecule has 14 nitrogen and oxygen atoms in total. The van der Waals surface area contributed by atoms with E-state index in [2.05, 4.69) is 35.9 Å². The highest BCUT2D eigenvalue weighted by molar-refractivity contribution is 5.94. The summed E-state index contributed by atoms with van der Waals surface area (Å²) in [5, 5.41) is 17.6. The Morgan fingerprint density at radius 1 is 0.780 bits per heavy atom. The molecule has 3 aromatic rings. The number of aliphatic carboxylic acids is 1. The Balaban J connectivity index is 1.72. The number of carbonyl (C=O) groups is 4. The number of aromatic nitrogens is 4. The maximum Gasteiger partial charge on any atom is 0.326 e. The van der Waals surface area contributed by atoms with Crippen LogP contribution in [-0.4, -0.2) is 79.4 Å². The summed E-state index contributed by atoms with van der Waals surface area (Å²) in [6.45, 7) is 0.387. The SMILES string of the molecule is NCCCCC(NC(=O)C(Cc1cnc[nH]1)NC(=O)C(N)Cc1ccccc1)C(=O)NC(Cc1cnc[nH]1)C(=O)O. The molecule has 0 fully saturated rings. The average Bonchev–Trinajstić information content (AvgIpc) is 3.67. The summed E-state index contributed by atoms with van der Waals surface area (Å²) in [4.78, 5) is 65.1. The molecule has 0 bridgehead atoms. The van der Waals surface area contributed by atoms with E-state index in [1.807, 2.05) is 30.3 Å². The van der Waals surface area contributed by atoms with E-state index < -0.39 is 47.9 Å². The molecule has 0 aliphatic carbocycles. The number of amides is 3. The zero-order valence-electron chi connectivity index (χ0n) is 22.6. The van der Waals surface area contributed by atoms with Gasteiger partial charge in [0.15, 0.2) is 0 Å². The van der Waals surface area contributed by atoms with Crippen LogP contribution in [0.15, 0.2) is 55.4 Å². The van der Waals surface area contributed by atoms with Crippen molar-refractivity contribution in [2.75, 3.05) is 6.54 Å². The summed E-state index contributed by atoms with van der Waals surface area (Å²) in [7, 11) is 0. The van der Waals surface area contributed by atoms with Crippen LogP contribution in [0.4, 0.5) is 0 Å². The van der Waals surface area contributed by atoms with Crippen molar-refractivity contribution in [3.63, 3.8) is 0 Å². The van der Waals surface area contributed by atoms with Gasteiger partial charge in [-0.1, -0.05) is 30.3 Å². The molecule has 3 amide bonds. The molecule has 10 N–H and O–H groups in total. The van der Waals surface area contributed by atoms with E-state index in [-0.39, 0.29) is 25.7 Å². The Hall–Kier alpha value is -4.56. The van der Waals surface area contributed by atoms with Crippen molar-refractivity contribution >= 4 is 23.7 Å². The number of nitrogens with zero attached hydrogens (tertiary/aromatic N) is 2. The fourth-order valence-electron chi connectivity index (χ4n) is 4.19. The van der Waals surface area contributed by atoms with E-state index in [1.54, 1.807) is 0 Å². The smallest absolute Gasteiger partial charge is 0.326 e. The third kappa shape index (κ3) is 10.2. The van der Waals surface area contributed by atoms with Gasteiger partial charge < -0.3 is 42.5 Å². The summed E-state index contributed by atoms with van der Waals surface area (Å²) in [6, 6.07) is 4.90. The van der Waals surface area contributed by atoms with Crippen molar-refractivity contribution < 1.29 is 24.3 Å². The first kappa shape index (κ1) is 31.0. The molecule has 2 heterocycles. The number of carboxylic acid groups (broad SMARTS) is 1. The van der Waals surface area contributed by atoms with Crippen molar-refractivity contribution in [2.45, 2.75) is 62.7 Å². The van der Waals surface area contributed by atoms with Crippen LogP contribution in [0.5, 0.6) is 0 Å². The summed E-state index contributed by atoms with van der Waals surface area (Å²) < 4.78 is 0. The van der Waals surface area contributed by atoms with E-state index in [1.165, 1.54) is 25.0 Å². The highest BCUT2D eigenvalue weighted by Gasteiger charge is 2.31. The molecule has 2 aromatic heterocycles. The van der Waals surface area contributed by atoms with Crippen molar-refractivity contribution in [3.05, 3.63) is 72.3 Å². The van der Waals surface area contributed by atoms with Crippen LogP contribution in [-0.2, 0) is 38.4 Å². The number of aromatic amines is 2. The Morgan fingerprint density at radius 3 is 1.90 bits per heavy atom. The number of hydrogen-bond donors (Lipinski definition) is 8. The fourth-order valence-corrected chi connectivity index (χ4v) is 4.19. The topological polar surface area (TPSA) is 234 Å². The monoisotopic (exact) mass is 567 g/mol. The molecule has 0 saturated carbocycles. The van der Waals surface area contributed by atoms with Crippen molar-refractivity contribution in [2.24, 2.45) is 11.5 Å². The molecule has 4 unspecified atom stereocenters. The molecule has 4 atom stereocenters. The van der Waals surface area contributed by atoms with Gasteiger partial charge in [-0.2, -0.15) is 0 Å². The molecule has 3 rings (SSSR count). The second-order valence-electron chi connectivity index (χ2n) is 9.66. The first-order chi connectivity index (χ1) is 19.8. The van der Waals surface area contributed by atoms with Gasteiger partial charge in [-0.05, 0) is 37.8 Å². The van der Waals surface area contributed by atoms with Crippen LogP contribution in [0.1, 0.15) is 36.2 Å². The normalized spacial score (nSPS) is 13.9. The molecule has 0 saturated heterocycles. The maximum absolute atomic E-state index is 13.5. The number of rotatable bonds is 17. The van der Waals surface area contributed by atoms with E-state index in [9.17, 15) is 24.3 Å². The number of nitrogens with one attached hydrogen (secondary N) is 5. The molecular weight excluding hydrogens is 530 g/mol. The van der Waals surface area contributed by atoms with E-state index in [4.69, 9.17) is 11.5 Å². The summed E-state index contributed by atoms with van der Waals surface area (Å²) in [5.41, 5.74) is 13.7. The summed E-state index contributed by atoms with van der Waals surface area (Å²) in [5.74, 6) is -3.08. The van der Waals surface area contributed by atoms with Crippen molar-refractivity contribution in [1.82, 2.24) is 35.9 Å². The number of imidazole rings is 2. The standard InChI is InChI=1S/C27H37N9O5/c28-9-5-4-8-21(25(38)36-23(27(40)41)12-19-14-31-16-33-19)34-26(39)22(11-18-13-30-15-32-18)35-24(37)20(29)10-17-6-2-1-3-7-17/h1-3,6-7,13-16,20-23H,4-5,8-12,28-29H2,(H,30,32)(H,31,33)(H,34,39)(H,35,37)(H,36,38)(H,40,41). The van der Waals surface area contributed by atoms with Crippen LogP contribution in [0.2, 0.25) is 0 Å². The van der Waals surface area contributed by atoms with E-state index >= 15 is 0 Å². The molecule has 1 aromatic carbocycles. The van der Waals surface area contributed by atoms with Gasteiger partial charge in [0.1, 0.15) is 18.1 Å². The van der Waals surface area contributed by atoms with Crippen molar-refractivity contribution in [1.29, 1.82) is 0 Å². The van der Waals surface area contributed by atoms with Crippen LogP contribution < -0.4 is 27.4 Å². The molecule has 220 valence electrons. The lowest BCUT2D eigenvalue weighted by Crippen LogP contribution is -2.58. The van der Waals surface area contributed by atoms with Gasteiger partial charge in [-0.15, -0.1) is 0 Å². The van der Waals surface area contributed by atoms with Crippen molar-refractivity contribution in [3.8, 4) is 0 Å². The van der Waals surface area contributed by atoms with Crippen LogP contribution in [0, 0.1) is 0 Å². The van der Waals surface area contributed by atoms with Crippen LogP contribution in [0.3, 0.4) is 0 Å². The molecular formula is C27H37N9O5. The lowest BCUT2D eigenvalue weighted by Gasteiger charge is -2.25. The molecule has 41 heavy (non-hydrogen) atoms. The second-order valence-corrected chi connectivity index (χ2v) is 9.66. The lowest BCUT2D eigenvalue weighted by atomic mass is 10.0. The number of carboxylic acids is 1. The number of benzene rings is 1. The summed E-state index contributed by atoms with van der Waals surface area (Å²) >= 11 is 0. The predicted molar refractivity (Wildman–Crippen MR) is 149 cm³/mol. The van der Waals surface area contributed by atoms with E-state index in [0.717, 1.165) is 5.56 Å². The Labute approximate surface area is 237 Å². The molecule has 0 aliphatic heterocycles. The third-order valence-electron chi connectivity index (χ3n) is 6.42. The fraction of sp³-hybridized carbons (Fsp3) is 0.407. The van der Waals surface area contributed by atoms with Crippen LogP contribution in [0.25, 0.3) is 0 Å². The number of hydrogen-bond acceptors (Lipinski definition) is 8. The largest absolute Gasteiger partial charge is 0.480 e. The molecule has 0 aliphatic rings. The number of nitrogens with two attached hydrogens (primary N) is 2. The predicted octanol–water partition coefficient (Wildman–Crippen LogP) is -0.844. The van der Waals surface area contributed by atoms with Gasteiger partial charge in [-0.3, -0.25) is 14.4 Å². The molecule has 0 spiro atoms. The molecule has 0 radical (unpaired) electrons. The second kappa shape index (κ2) is 15.9. The van der Waals surface area contributed by atoms with Crippen LogP contribution >= 0.6 is 0 Å². The quantitative estimate of drug-likeness (QED) is 0.0948. The first-order valence-corrected chi connectivity index (χ1v) is 13.3. The van der Waals surface area contributed by atoms with Gasteiger partial charge >= 0.3 is 5.97 Å². The van der Waals surface area contributed by atoms with Gasteiger partial charge in [0, 0.05) is 36.6 Å². The zero-order chi connectivity index (χ0) is 29.6. The maximum atomic E-state index is 13.5. The first-order valence-electron chi connectivity index (χ1n) is 13.3. The lowest BCUT2D eigenvalue weighted by molar-refractivity contribution is -0.142. The van der Waals surface area contributed by atoms with Gasteiger partial charge in [0.05, 0.1) is 18.7 Å². The molecule has 14 heteroatoms. The number of carbonyl (C=O) groups excluding carboxylic acids is 3. The van der Waals surface area contributed by atoms with Gasteiger partial charge in [0.25, 0.3) is 0 Å². The van der Waals surface area contributed by atoms with Gasteiger partial charge in [0.2, 0.25) is 17.7 Å². The average molecular weight is 568 g/mol. The van der Waals surface area contributed by atoms with Gasteiger partial charge in [-0.25, -0.2) is 14.8 Å².